The summed E-state index contributed by atoms with van der Waals surface area (Å²) in [6.07, 6.45) is 7.53. The van der Waals surface area contributed by atoms with Crippen LogP contribution in [0.1, 0.15) is 36.8 Å². The molecule has 110 valence electrons. The highest BCUT2D eigenvalue weighted by molar-refractivity contribution is 9.10. The van der Waals surface area contributed by atoms with Gasteiger partial charge < -0.3 is 10.1 Å². The highest BCUT2D eigenvalue weighted by Gasteiger charge is 2.21. The van der Waals surface area contributed by atoms with Gasteiger partial charge in [-0.2, -0.15) is 0 Å². The summed E-state index contributed by atoms with van der Waals surface area (Å²) in [4.78, 5) is 0. The topological polar surface area (TPSA) is 21.3 Å². The third-order valence-electron chi connectivity index (χ3n) is 4.35. The van der Waals surface area contributed by atoms with Gasteiger partial charge >= 0.3 is 0 Å². The van der Waals surface area contributed by atoms with Crippen LogP contribution in [0.4, 0.5) is 0 Å². The van der Waals surface area contributed by atoms with Crippen LogP contribution < -0.4 is 5.32 Å². The summed E-state index contributed by atoms with van der Waals surface area (Å²) in [5.74, 6) is 0.886. The number of aryl methyl sites for hydroxylation is 1. The van der Waals surface area contributed by atoms with Gasteiger partial charge in [-0.15, -0.1) is 0 Å². The van der Waals surface area contributed by atoms with Crippen molar-refractivity contribution in [2.75, 3.05) is 19.8 Å². The minimum Gasteiger partial charge on any atom is -0.381 e. The predicted molar refractivity (Wildman–Crippen MR) is 86.1 cm³/mol. The molecule has 0 radical (unpaired) electrons. The Kier molecular flexibility index (Phi) is 5.14. The lowest BCUT2D eigenvalue weighted by atomic mass is 9.88. The molecule has 20 heavy (non-hydrogen) atoms. The van der Waals surface area contributed by atoms with Crippen LogP contribution in [0.5, 0.6) is 0 Å². The summed E-state index contributed by atoms with van der Waals surface area (Å²) in [5.41, 5.74) is 3.03. The Bertz CT molecular complexity index is 445. The number of nitrogens with one attached hydrogen (secondary N) is 1. The number of halogens is 1. The minimum absolute atomic E-state index is 0.645. The molecule has 2 nitrogen and oxygen atoms in total. The van der Waals surface area contributed by atoms with E-state index in [9.17, 15) is 0 Å². The van der Waals surface area contributed by atoms with E-state index in [1.807, 2.05) is 0 Å². The molecule has 1 unspecified atom stereocenters. The molecule has 1 aromatic rings. The zero-order valence-corrected chi connectivity index (χ0v) is 13.6. The van der Waals surface area contributed by atoms with Crippen molar-refractivity contribution in [1.29, 1.82) is 0 Å². The number of fused-ring (bicyclic) bond motifs is 1. The molecule has 3 rings (SSSR count). The molecular formula is C17H24BrNO. The van der Waals surface area contributed by atoms with Crippen LogP contribution in [0.25, 0.3) is 0 Å². The zero-order chi connectivity index (χ0) is 13.8. The molecule has 0 spiro atoms. The summed E-state index contributed by atoms with van der Waals surface area (Å²) < 4.78 is 6.88. The largest absolute Gasteiger partial charge is 0.381 e. The molecule has 1 aromatic carbocycles. The first-order valence-corrected chi connectivity index (χ1v) is 8.69. The van der Waals surface area contributed by atoms with E-state index in [1.54, 1.807) is 0 Å². The smallest absolute Gasteiger partial charge is 0.0494 e. The highest BCUT2D eigenvalue weighted by Crippen LogP contribution is 2.28. The van der Waals surface area contributed by atoms with Crippen molar-refractivity contribution in [1.82, 2.24) is 5.32 Å². The lowest BCUT2D eigenvalue weighted by molar-refractivity contribution is 0.121. The molecule has 0 heterocycles. The van der Waals surface area contributed by atoms with Gasteiger partial charge in [0.05, 0.1) is 0 Å². The second kappa shape index (κ2) is 7.06. The summed E-state index contributed by atoms with van der Waals surface area (Å²) >= 11 is 3.56. The predicted octanol–water partition coefficient (Wildman–Crippen LogP) is 3.71. The quantitative estimate of drug-likeness (QED) is 0.765. The van der Waals surface area contributed by atoms with Gasteiger partial charge in [0.15, 0.2) is 0 Å². The number of hydrogen-bond donors (Lipinski definition) is 1. The number of ether oxygens (including phenoxy) is 1. The third-order valence-corrected chi connectivity index (χ3v) is 4.84. The Morgan fingerprint density at radius 2 is 2.10 bits per heavy atom. The molecule has 1 fully saturated rings. The summed E-state index contributed by atoms with van der Waals surface area (Å²) in [7, 11) is 0. The summed E-state index contributed by atoms with van der Waals surface area (Å²) in [6, 6.07) is 7.35. The maximum atomic E-state index is 5.67. The van der Waals surface area contributed by atoms with E-state index in [4.69, 9.17) is 4.74 Å². The van der Waals surface area contributed by atoms with Crippen molar-refractivity contribution in [2.45, 2.75) is 44.6 Å². The van der Waals surface area contributed by atoms with Gasteiger partial charge in [-0.05, 0) is 74.2 Å². The van der Waals surface area contributed by atoms with Crippen LogP contribution in [0.2, 0.25) is 0 Å². The Balaban J connectivity index is 1.33. The van der Waals surface area contributed by atoms with Gasteiger partial charge in [-0.1, -0.05) is 22.0 Å². The molecule has 2 aliphatic rings. The maximum Gasteiger partial charge on any atom is 0.0494 e. The summed E-state index contributed by atoms with van der Waals surface area (Å²) in [6.45, 7) is 2.99. The lowest BCUT2D eigenvalue weighted by Gasteiger charge is -2.25. The molecule has 0 amide bonds. The normalized spacial score (nSPS) is 21.8. The molecule has 0 aromatic heterocycles. The maximum absolute atomic E-state index is 5.67. The molecule has 3 heteroatoms. The SMILES string of the molecule is Brc1ccc2c(c1)CCC(NCCCOCC1CC1)C2. The number of rotatable bonds is 7. The van der Waals surface area contributed by atoms with Gasteiger partial charge in [0.2, 0.25) is 0 Å². The van der Waals surface area contributed by atoms with E-state index in [2.05, 4.69) is 39.4 Å². The molecule has 0 aliphatic heterocycles. The van der Waals surface area contributed by atoms with Crippen molar-refractivity contribution in [2.24, 2.45) is 5.92 Å². The van der Waals surface area contributed by atoms with Crippen LogP contribution in [0.15, 0.2) is 22.7 Å². The number of hydrogen-bond acceptors (Lipinski definition) is 2. The van der Waals surface area contributed by atoms with Gasteiger partial charge in [-0.3, -0.25) is 0 Å². The van der Waals surface area contributed by atoms with E-state index in [-0.39, 0.29) is 0 Å². The number of benzene rings is 1. The van der Waals surface area contributed by atoms with Crippen molar-refractivity contribution >= 4 is 15.9 Å². The van der Waals surface area contributed by atoms with Crippen LogP contribution >= 0.6 is 15.9 Å². The van der Waals surface area contributed by atoms with Crippen LogP contribution in [-0.2, 0) is 17.6 Å². The van der Waals surface area contributed by atoms with Crippen LogP contribution in [0.3, 0.4) is 0 Å². The summed E-state index contributed by atoms with van der Waals surface area (Å²) in [5, 5.41) is 3.69. The fourth-order valence-electron chi connectivity index (χ4n) is 2.91. The molecule has 1 N–H and O–H groups in total. The Hall–Kier alpha value is -0.380. The molecule has 1 saturated carbocycles. The van der Waals surface area contributed by atoms with Gasteiger partial charge in [0.25, 0.3) is 0 Å². The van der Waals surface area contributed by atoms with Crippen molar-refractivity contribution in [3.8, 4) is 0 Å². The van der Waals surface area contributed by atoms with E-state index >= 15 is 0 Å². The Morgan fingerprint density at radius 1 is 1.20 bits per heavy atom. The van der Waals surface area contributed by atoms with E-state index < -0.39 is 0 Å². The third kappa shape index (κ3) is 4.31. The average molecular weight is 338 g/mol. The molecule has 0 saturated heterocycles. The van der Waals surface area contributed by atoms with Crippen molar-refractivity contribution in [3.05, 3.63) is 33.8 Å². The molecule has 1 atom stereocenters. The zero-order valence-electron chi connectivity index (χ0n) is 12.0. The monoisotopic (exact) mass is 337 g/mol. The fraction of sp³-hybridized carbons (Fsp3) is 0.647. The molecule has 0 bridgehead atoms. The standard InChI is InChI=1S/C17H24BrNO/c18-16-6-4-15-11-17(7-5-14(15)10-16)19-8-1-9-20-12-13-2-3-13/h4,6,10,13,17,19H,1-3,5,7-9,11-12H2. The lowest BCUT2D eigenvalue weighted by Crippen LogP contribution is -2.35. The Labute approximate surface area is 130 Å². The fourth-order valence-corrected chi connectivity index (χ4v) is 3.32. The van der Waals surface area contributed by atoms with E-state index in [1.165, 1.54) is 47.7 Å². The van der Waals surface area contributed by atoms with E-state index in [0.717, 1.165) is 32.1 Å². The first-order valence-electron chi connectivity index (χ1n) is 7.89. The first-order chi connectivity index (χ1) is 9.81. The first kappa shape index (κ1) is 14.6. The highest BCUT2D eigenvalue weighted by atomic mass is 79.9. The second-order valence-corrected chi connectivity index (χ2v) is 7.09. The van der Waals surface area contributed by atoms with Crippen molar-refractivity contribution < 1.29 is 4.74 Å². The van der Waals surface area contributed by atoms with Gasteiger partial charge in [-0.25, -0.2) is 0 Å². The van der Waals surface area contributed by atoms with Gasteiger partial charge in [0, 0.05) is 23.7 Å². The van der Waals surface area contributed by atoms with Crippen LogP contribution in [0, 0.1) is 5.92 Å². The van der Waals surface area contributed by atoms with Crippen molar-refractivity contribution in [3.63, 3.8) is 0 Å². The van der Waals surface area contributed by atoms with Crippen LogP contribution in [-0.4, -0.2) is 25.8 Å². The Morgan fingerprint density at radius 3 is 2.95 bits per heavy atom. The molecule has 2 aliphatic carbocycles. The minimum atomic E-state index is 0.645. The average Bonchev–Trinajstić information content (AvgIpc) is 3.27. The molecular weight excluding hydrogens is 314 g/mol. The van der Waals surface area contributed by atoms with E-state index in [0.29, 0.717) is 6.04 Å². The second-order valence-electron chi connectivity index (χ2n) is 6.18. The van der Waals surface area contributed by atoms with Gasteiger partial charge in [0.1, 0.15) is 0 Å².